The molecule has 61 heavy (non-hydrogen) atoms. The lowest BCUT2D eigenvalue weighted by Crippen LogP contribution is -2.54. The zero-order valence-electron chi connectivity index (χ0n) is 34.9. The Morgan fingerprint density at radius 3 is 2.39 bits per heavy atom. The lowest BCUT2D eigenvalue weighted by atomic mass is 9.77. The van der Waals surface area contributed by atoms with E-state index in [1.54, 1.807) is 71.0 Å². The first kappa shape index (κ1) is 44.0. The van der Waals surface area contributed by atoms with Crippen LogP contribution in [0.2, 0.25) is 0 Å². The van der Waals surface area contributed by atoms with Crippen LogP contribution in [0.1, 0.15) is 87.4 Å². The molecule has 4 atom stereocenters. The van der Waals surface area contributed by atoms with Crippen molar-refractivity contribution in [3.63, 3.8) is 0 Å². The number of anilines is 1. The molecule has 1 saturated heterocycles. The number of likely N-dealkylation sites (tertiary alicyclic amines) is 1. The van der Waals surface area contributed by atoms with Crippen LogP contribution in [0.3, 0.4) is 0 Å². The number of rotatable bonds is 15. The average Bonchev–Trinajstić information content (AvgIpc) is 3.78. The topological polar surface area (TPSA) is 257 Å². The van der Waals surface area contributed by atoms with Crippen molar-refractivity contribution in [2.45, 2.75) is 83.6 Å². The fourth-order valence-corrected chi connectivity index (χ4v) is 7.97. The number of ether oxygens (including phenoxy) is 4. The number of nitro groups is 1. The number of nitrogens with one attached hydrogen (secondary N) is 2. The molecule has 3 aromatic carbocycles. The summed E-state index contributed by atoms with van der Waals surface area (Å²) in [4.78, 5) is 84.5. The van der Waals surface area contributed by atoms with Gasteiger partial charge in [0.1, 0.15) is 28.9 Å². The summed E-state index contributed by atoms with van der Waals surface area (Å²) in [5.74, 6) is -3.81. The van der Waals surface area contributed by atoms with Crippen LogP contribution in [0.5, 0.6) is 17.2 Å². The smallest absolute Gasteiger partial charge is 0.377 e. The van der Waals surface area contributed by atoms with Crippen LogP contribution in [-0.4, -0.2) is 89.7 Å². The molecule has 6 rings (SSSR count). The maximum absolute atomic E-state index is 14.2. The monoisotopic (exact) mass is 841 g/mol. The Labute approximate surface area is 352 Å². The second-order valence-corrected chi connectivity index (χ2v) is 16.6. The highest BCUT2D eigenvalue weighted by atomic mass is 16.6. The first-order valence-electron chi connectivity index (χ1n) is 20.0. The van der Waals surface area contributed by atoms with Gasteiger partial charge in [-0.3, -0.25) is 34.4 Å². The Kier molecular flexibility index (Phi) is 12.7. The van der Waals surface area contributed by atoms with Gasteiger partial charge in [0.2, 0.25) is 11.8 Å². The van der Waals surface area contributed by atoms with Crippen molar-refractivity contribution in [1.82, 2.24) is 10.2 Å². The molecule has 1 fully saturated rings. The molecule has 0 aliphatic carbocycles. The lowest BCUT2D eigenvalue weighted by Gasteiger charge is -2.36. The Morgan fingerprint density at radius 1 is 1.03 bits per heavy atom. The number of hydrogen-bond donors (Lipinski definition) is 4. The van der Waals surface area contributed by atoms with Crippen molar-refractivity contribution in [2.24, 2.45) is 28.3 Å². The molecule has 0 aromatic heterocycles. The summed E-state index contributed by atoms with van der Waals surface area (Å²) in [6.45, 7) is 9.30. The zero-order chi connectivity index (χ0) is 44.4. The Balaban J connectivity index is 1.27. The van der Waals surface area contributed by atoms with Gasteiger partial charge in [0.05, 0.1) is 35.6 Å². The van der Waals surface area contributed by atoms with Crippen LogP contribution in [0.4, 0.5) is 11.4 Å². The number of nitro benzene ring substituents is 1. The van der Waals surface area contributed by atoms with E-state index < -0.39 is 63.7 Å². The first-order chi connectivity index (χ1) is 28.8. The Hall–Kier alpha value is -6.56. The summed E-state index contributed by atoms with van der Waals surface area (Å²) in [6, 6.07) is 12.0. The van der Waals surface area contributed by atoms with Crippen molar-refractivity contribution >= 4 is 46.9 Å². The van der Waals surface area contributed by atoms with Gasteiger partial charge in [-0.15, -0.1) is 0 Å². The highest BCUT2D eigenvalue weighted by Crippen LogP contribution is 2.57. The van der Waals surface area contributed by atoms with Gasteiger partial charge in [-0.05, 0) is 95.3 Å². The van der Waals surface area contributed by atoms with E-state index in [9.17, 15) is 34.1 Å². The summed E-state index contributed by atoms with van der Waals surface area (Å²) >= 11 is 0. The van der Waals surface area contributed by atoms with E-state index in [0.717, 1.165) is 0 Å². The number of amides is 2. The molecule has 3 aromatic rings. The van der Waals surface area contributed by atoms with Gasteiger partial charge in [0.25, 0.3) is 11.5 Å². The molecule has 2 amide bonds. The largest absolute Gasteiger partial charge is 0.497 e. The average molecular weight is 842 g/mol. The summed E-state index contributed by atoms with van der Waals surface area (Å²) in [5, 5.41) is 17.6. The maximum atomic E-state index is 14.2. The van der Waals surface area contributed by atoms with E-state index in [2.05, 4.69) is 15.6 Å². The predicted molar refractivity (Wildman–Crippen MR) is 222 cm³/mol. The number of ketones is 1. The van der Waals surface area contributed by atoms with Crippen molar-refractivity contribution in [3.8, 4) is 17.2 Å². The summed E-state index contributed by atoms with van der Waals surface area (Å²) in [7, 11) is 1.49. The number of carbonyl (C=O) groups excluding carboxylic acids is 5. The van der Waals surface area contributed by atoms with Gasteiger partial charge in [0.15, 0.2) is 11.6 Å². The quantitative estimate of drug-likeness (QED) is 0.0317. The standard InChI is InChI=1S/C43H51N7O11/c1-23(2)35(36(51)40(55)60-42(3,4)5)48-38(53)32-10-8-18-49(32)22-24(9-7-17-46-41(44)45)37(52)47-25-11-15-29-33(19-25)59-34-20-26(50(56)57)12-16-30(34)43(29)31-21-27(58-6)13-14-28(31)39(54)61-43/h11-16,19-21,23-24,32,35H,7-10,17-18,22H2,1-6H3,(H,47,52)(H,48,53)(H4,44,45,46)/t24?,32-,35-,43?/m0/s1. The number of methoxy groups -OCH3 is 1. The van der Waals surface area contributed by atoms with E-state index >= 15 is 0 Å². The fraction of sp³-hybridized carbons (Fsp3) is 0.442. The van der Waals surface area contributed by atoms with Crippen molar-refractivity contribution in [2.75, 3.05) is 32.1 Å². The van der Waals surface area contributed by atoms with Gasteiger partial charge in [0, 0.05) is 47.6 Å². The maximum Gasteiger partial charge on any atom is 0.377 e. The first-order valence-corrected chi connectivity index (χ1v) is 20.0. The van der Waals surface area contributed by atoms with Crippen LogP contribution in [0, 0.1) is 22.0 Å². The van der Waals surface area contributed by atoms with Gasteiger partial charge in [-0.1, -0.05) is 13.8 Å². The van der Waals surface area contributed by atoms with Gasteiger partial charge in [-0.2, -0.15) is 0 Å². The molecule has 0 saturated carbocycles. The minimum Gasteiger partial charge on any atom is -0.497 e. The molecule has 2 unspecified atom stereocenters. The van der Waals surface area contributed by atoms with Gasteiger partial charge >= 0.3 is 11.9 Å². The number of Topliss-reactive ketones (excluding diaryl/α,β-unsaturated/α-hetero) is 1. The fourth-order valence-electron chi connectivity index (χ4n) is 7.97. The van der Waals surface area contributed by atoms with Crippen LogP contribution in [-0.2, 0) is 34.3 Å². The lowest BCUT2D eigenvalue weighted by molar-refractivity contribution is -0.385. The number of guanidine groups is 1. The predicted octanol–water partition coefficient (Wildman–Crippen LogP) is 4.30. The molecular formula is C43H51N7O11. The normalized spacial score (nSPS) is 18.7. The van der Waals surface area contributed by atoms with Crippen molar-refractivity contribution in [1.29, 1.82) is 0 Å². The second kappa shape index (κ2) is 17.6. The van der Waals surface area contributed by atoms with Crippen LogP contribution in [0.15, 0.2) is 59.6 Å². The number of non-ortho nitro benzene ring substituents is 1. The number of nitrogens with zero attached hydrogens (tertiary/aromatic N) is 3. The van der Waals surface area contributed by atoms with Crippen LogP contribution < -0.4 is 31.6 Å². The molecule has 1 spiro atoms. The third kappa shape index (κ3) is 9.28. The Bertz CT molecular complexity index is 2280. The highest BCUT2D eigenvalue weighted by molar-refractivity contribution is 6.36. The van der Waals surface area contributed by atoms with Crippen molar-refractivity contribution < 1.29 is 47.8 Å². The SMILES string of the molecule is COc1ccc2c(c1)C1(OC2=O)c2ccc(NC(=O)C(CCCN=C(N)N)CN3CCC[C@H]3C(=O)N[C@H](C(=O)C(=O)OC(C)(C)C)C(C)C)cc2Oc2cc([N+](=O)[O-])ccc21. The second-order valence-electron chi connectivity index (χ2n) is 16.6. The molecule has 3 aliphatic rings. The molecular weight excluding hydrogens is 791 g/mol. The van der Waals surface area contributed by atoms with Crippen molar-refractivity contribution in [3.05, 3.63) is 87.0 Å². The third-order valence-electron chi connectivity index (χ3n) is 10.8. The summed E-state index contributed by atoms with van der Waals surface area (Å²) < 4.78 is 23.2. The van der Waals surface area contributed by atoms with Gasteiger partial charge < -0.3 is 41.0 Å². The molecule has 6 N–H and O–H groups in total. The minimum atomic E-state index is -1.56. The number of nitrogens with two attached hydrogens (primary N) is 2. The van der Waals surface area contributed by atoms with E-state index in [4.69, 9.17) is 30.4 Å². The van der Waals surface area contributed by atoms with Gasteiger partial charge in [-0.25, -0.2) is 9.59 Å². The van der Waals surface area contributed by atoms with E-state index in [1.165, 1.54) is 25.3 Å². The number of aliphatic imine (C=N–C) groups is 1. The minimum absolute atomic E-state index is 0.0807. The Morgan fingerprint density at radius 2 is 1.74 bits per heavy atom. The van der Waals surface area contributed by atoms with E-state index in [1.807, 2.05) is 4.90 Å². The van der Waals surface area contributed by atoms with E-state index in [-0.39, 0.29) is 47.7 Å². The number of carbonyl (C=O) groups is 5. The number of hydrogen-bond acceptors (Lipinski definition) is 13. The third-order valence-corrected chi connectivity index (χ3v) is 10.8. The van der Waals surface area contributed by atoms with E-state index in [0.29, 0.717) is 60.4 Å². The number of benzene rings is 3. The number of esters is 2. The zero-order valence-corrected chi connectivity index (χ0v) is 34.9. The molecule has 18 heteroatoms. The summed E-state index contributed by atoms with van der Waals surface area (Å²) in [6.07, 6.45) is 1.87. The van der Waals surface area contributed by atoms with Crippen LogP contribution >= 0.6 is 0 Å². The molecule has 0 bridgehead atoms. The summed E-state index contributed by atoms with van der Waals surface area (Å²) in [5.41, 5.74) is 10.2. The molecule has 3 heterocycles. The molecule has 18 nitrogen and oxygen atoms in total. The van der Waals surface area contributed by atoms with Crippen LogP contribution in [0.25, 0.3) is 0 Å². The highest BCUT2D eigenvalue weighted by Gasteiger charge is 2.54. The number of fused-ring (bicyclic) bond motifs is 6. The molecule has 324 valence electrons. The molecule has 3 aliphatic heterocycles. The molecule has 0 radical (unpaired) electrons.